The molecule has 2 heterocycles. The van der Waals surface area contributed by atoms with Gasteiger partial charge in [-0.25, -0.2) is 0 Å². The Hall–Kier alpha value is -3.19. The maximum absolute atomic E-state index is 12.9. The molecule has 1 atom stereocenters. The molecule has 0 spiro atoms. The number of aliphatic imine (C=N–C) groups is 1. The lowest BCUT2D eigenvalue weighted by molar-refractivity contribution is 0.379. The van der Waals surface area contributed by atoms with Gasteiger partial charge in [0.25, 0.3) is 0 Å². The maximum Gasteiger partial charge on any atom is 0.339 e. The third-order valence-electron chi connectivity index (χ3n) is 6.37. The number of nitrogens with zero attached hydrogens (tertiary/aromatic N) is 1. The Morgan fingerprint density at radius 2 is 1.84 bits per heavy atom. The summed E-state index contributed by atoms with van der Waals surface area (Å²) in [5, 5.41) is 0. The van der Waals surface area contributed by atoms with E-state index < -0.39 is 21.0 Å². The number of hydrogen-bond donors (Lipinski definition) is 0. The summed E-state index contributed by atoms with van der Waals surface area (Å²) in [5.74, 6) is -0.0590. The molecule has 1 aliphatic carbocycles. The van der Waals surface area contributed by atoms with Gasteiger partial charge in [0.05, 0.1) is 12.0 Å². The normalized spacial score (nSPS) is 19.7. The van der Waals surface area contributed by atoms with Crippen molar-refractivity contribution in [1.29, 1.82) is 0 Å². The highest BCUT2D eigenvalue weighted by atomic mass is 32.2. The monoisotopic (exact) mass is 449 g/mol. The predicted molar refractivity (Wildman–Crippen MR) is 121 cm³/mol. The molecule has 164 valence electrons. The molecule has 32 heavy (non-hydrogen) atoms. The molecule has 5 rings (SSSR count). The summed E-state index contributed by atoms with van der Waals surface area (Å²) in [5.41, 5.74) is 3.05. The quantitative estimate of drug-likeness (QED) is 0.520. The molecule has 1 aliphatic heterocycles. The minimum Gasteiger partial charge on any atom is -0.465 e. The van der Waals surface area contributed by atoms with Gasteiger partial charge in [0.15, 0.2) is 5.76 Å². The lowest BCUT2D eigenvalue weighted by atomic mass is 9.66. The highest BCUT2D eigenvalue weighted by Gasteiger charge is 2.46. The van der Waals surface area contributed by atoms with Crippen molar-refractivity contribution in [2.75, 3.05) is 0 Å². The van der Waals surface area contributed by atoms with Crippen molar-refractivity contribution >= 4 is 21.5 Å². The lowest BCUT2D eigenvalue weighted by Crippen LogP contribution is -2.38. The molecule has 0 unspecified atom stereocenters. The van der Waals surface area contributed by atoms with Crippen molar-refractivity contribution < 1.29 is 17.0 Å². The summed E-state index contributed by atoms with van der Waals surface area (Å²) < 4.78 is 36.9. The summed E-state index contributed by atoms with van der Waals surface area (Å²) in [6.07, 6.45) is 5.40. The summed E-state index contributed by atoms with van der Waals surface area (Å²) in [6.45, 7) is 1.86. The number of benzene rings is 2. The summed E-state index contributed by atoms with van der Waals surface area (Å²) in [7, 11) is -4.19. The van der Waals surface area contributed by atoms with Crippen molar-refractivity contribution in [2.45, 2.75) is 49.3 Å². The number of para-hydroxylation sites is 1. The van der Waals surface area contributed by atoms with Crippen LogP contribution in [0.4, 0.5) is 5.69 Å². The molecule has 2 aliphatic rings. The average Bonchev–Trinajstić information content (AvgIpc) is 3.11. The van der Waals surface area contributed by atoms with Gasteiger partial charge in [-0.2, -0.15) is 8.42 Å². The zero-order valence-electron chi connectivity index (χ0n) is 17.7. The molecular formula is C25H23NO5S. The lowest BCUT2D eigenvalue weighted by Gasteiger charge is -2.35. The van der Waals surface area contributed by atoms with E-state index in [4.69, 9.17) is 13.6 Å². The van der Waals surface area contributed by atoms with E-state index in [0.717, 1.165) is 48.2 Å². The first-order valence-corrected chi connectivity index (χ1v) is 12.1. The first-order valence-electron chi connectivity index (χ1n) is 10.7. The standard InChI is InChI=1S/C25H23NO5S/c1-17-9-11-18(12-10-17)32(28,29)31-24-21(27)13-15-30-22(24)16-25-14-5-4-8-23(25)26-20-7-3-2-6-19(20)25/h2-3,6-7,9-13,15H,4-5,8,14,16H2,1H3/t25-/m1/s1. The molecule has 2 aromatic carbocycles. The van der Waals surface area contributed by atoms with Crippen LogP contribution in [-0.4, -0.2) is 14.1 Å². The molecule has 0 amide bonds. The maximum atomic E-state index is 12.9. The van der Waals surface area contributed by atoms with E-state index in [0.29, 0.717) is 6.42 Å². The minimum absolute atomic E-state index is 0.0124. The van der Waals surface area contributed by atoms with Crippen molar-refractivity contribution in [1.82, 2.24) is 0 Å². The van der Waals surface area contributed by atoms with E-state index in [9.17, 15) is 13.2 Å². The van der Waals surface area contributed by atoms with Crippen LogP contribution in [0.2, 0.25) is 0 Å². The molecule has 0 radical (unpaired) electrons. The van der Waals surface area contributed by atoms with Crippen LogP contribution in [0.1, 0.15) is 42.6 Å². The van der Waals surface area contributed by atoms with Crippen LogP contribution in [0.5, 0.6) is 5.75 Å². The smallest absolute Gasteiger partial charge is 0.339 e. The molecule has 1 saturated carbocycles. The Labute approximate surface area is 186 Å². The molecule has 0 N–H and O–H groups in total. The Kier molecular flexibility index (Phi) is 5.01. The van der Waals surface area contributed by atoms with Gasteiger partial charge in [0, 0.05) is 23.6 Å². The van der Waals surface area contributed by atoms with E-state index in [-0.39, 0.29) is 16.4 Å². The van der Waals surface area contributed by atoms with E-state index in [2.05, 4.69) is 6.07 Å². The minimum atomic E-state index is -4.19. The van der Waals surface area contributed by atoms with Crippen LogP contribution in [0.15, 0.2) is 80.0 Å². The summed E-state index contributed by atoms with van der Waals surface area (Å²) in [4.78, 5) is 17.6. The number of hydrogen-bond acceptors (Lipinski definition) is 6. The second-order valence-electron chi connectivity index (χ2n) is 8.43. The fourth-order valence-corrected chi connectivity index (χ4v) is 5.71. The third kappa shape index (κ3) is 3.46. The second-order valence-corrected chi connectivity index (χ2v) is 9.98. The van der Waals surface area contributed by atoms with Gasteiger partial charge in [-0.05, 0) is 49.9 Å². The van der Waals surface area contributed by atoms with Gasteiger partial charge < -0.3 is 8.60 Å². The largest absolute Gasteiger partial charge is 0.465 e. The Morgan fingerprint density at radius 1 is 1.06 bits per heavy atom. The summed E-state index contributed by atoms with van der Waals surface area (Å²) in [6, 6.07) is 15.5. The van der Waals surface area contributed by atoms with Crippen molar-refractivity contribution in [3.63, 3.8) is 0 Å². The molecule has 0 saturated heterocycles. The average molecular weight is 450 g/mol. The van der Waals surface area contributed by atoms with Crippen LogP contribution in [-0.2, 0) is 22.0 Å². The Morgan fingerprint density at radius 3 is 2.66 bits per heavy atom. The van der Waals surface area contributed by atoms with Crippen LogP contribution in [0, 0.1) is 6.92 Å². The van der Waals surface area contributed by atoms with Crippen LogP contribution in [0.25, 0.3) is 0 Å². The van der Waals surface area contributed by atoms with Crippen LogP contribution in [0.3, 0.4) is 0 Å². The molecule has 1 fully saturated rings. The first-order chi connectivity index (χ1) is 15.4. The molecule has 3 aromatic rings. The number of rotatable bonds is 5. The van der Waals surface area contributed by atoms with Gasteiger partial charge in [0.2, 0.25) is 11.2 Å². The molecular weight excluding hydrogens is 426 g/mol. The SMILES string of the molecule is Cc1ccc(S(=O)(=O)Oc2c(C[C@@]34CCCCC3=Nc3ccccc34)occc2=O)cc1. The van der Waals surface area contributed by atoms with Gasteiger partial charge in [0.1, 0.15) is 4.90 Å². The molecule has 0 bridgehead atoms. The fourth-order valence-electron chi connectivity index (χ4n) is 4.75. The molecule has 7 heteroatoms. The Bertz CT molecular complexity index is 1370. The number of aryl methyl sites for hydroxylation is 1. The van der Waals surface area contributed by atoms with Crippen molar-refractivity contribution in [3.8, 4) is 5.75 Å². The Balaban J connectivity index is 1.56. The van der Waals surface area contributed by atoms with Gasteiger partial charge >= 0.3 is 10.1 Å². The van der Waals surface area contributed by atoms with Crippen molar-refractivity contribution in [2.24, 2.45) is 4.99 Å². The topological polar surface area (TPSA) is 85.9 Å². The zero-order valence-corrected chi connectivity index (χ0v) is 18.5. The first kappa shape index (κ1) is 20.7. The third-order valence-corrected chi connectivity index (χ3v) is 7.60. The zero-order chi connectivity index (χ0) is 22.3. The van der Waals surface area contributed by atoms with E-state index in [1.54, 1.807) is 12.1 Å². The predicted octanol–water partition coefficient (Wildman–Crippen LogP) is 4.86. The van der Waals surface area contributed by atoms with E-state index >= 15 is 0 Å². The highest BCUT2D eigenvalue weighted by Crippen LogP contribution is 2.49. The molecule has 1 aromatic heterocycles. The number of fused-ring (bicyclic) bond motifs is 3. The fraction of sp³-hybridized carbons (Fsp3) is 0.280. The molecule has 6 nitrogen and oxygen atoms in total. The van der Waals surface area contributed by atoms with Crippen molar-refractivity contribution in [3.05, 3.63) is 88.0 Å². The van der Waals surface area contributed by atoms with E-state index in [1.807, 2.05) is 25.1 Å². The van der Waals surface area contributed by atoms with Gasteiger partial charge in [-0.1, -0.05) is 42.3 Å². The second kappa shape index (κ2) is 7.74. The van der Waals surface area contributed by atoms with Gasteiger partial charge in [-0.15, -0.1) is 0 Å². The summed E-state index contributed by atoms with van der Waals surface area (Å²) >= 11 is 0. The van der Waals surface area contributed by atoms with E-state index in [1.165, 1.54) is 24.5 Å². The van der Waals surface area contributed by atoms with Crippen LogP contribution < -0.4 is 9.61 Å². The highest BCUT2D eigenvalue weighted by molar-refractivity contribution is 7.87. The van der Waals surface area contributed by atoms with Crippen LogP contribution >= 0.6 is 0 Å². The van der Waals surface area contributed by atoms with Gasteiger partial charge in [-0.3, -0.25) is 9.79 Å².